The first-order chi connectivity index (χ1) is 9.75. The molecule has 0 saturated heterocycles. The number of benzene rings is 1. The molecule has 1 aliphatic carbocycles. The maximum absolute atomic E-state index is 6.31. The summed E-state index contributed by atoms with van der Waals surface area (Å²) in [5, 5.41) is 0. The zero-order chi connectivity index (χ0) is 13.9. The van der Waals surface area contributed by atoms with Crippen molar-refractivity contribution < 1.29 is 4.74 Å². The second-order valence-corrected chi connectivity index (χ2v) is 6.33. The molecule has 3 atom stereocenters. The van der Waals surface area contributed by atoms with E-state index in [1.54, 1.807) is 0 Å². The lowest BCUT2D eigenvalue weighted by Gasteiger charge is -2.38. The number of rotatable bonds is 3. The molecule has 2 aliphatic rings. The van der Waals surface area contributed by atoms with E-state index in [2.05, 4.69) is 36.2 Å². The monoisotopic (exact) mass is 274 g/mol. The number of nitrogens with two attached hydrogens (primary N) is 1. The van der Waals surface area contributed by atoms with Crippen LogP contribution in [0.5, 0.6) is 5.75 Å². The third-order valence-electron chi connectivity index (χ3n) is 4.94. The normalized spacial score (nSPS) is 29.9. The predicted molar refractivity (Wildman–Crippen MR) is 82.2 cm³/mol. The van der Waals surface area contributed by atoms with Crippen LogP contribution in [0, 0.1) is 0 Å². The third-order valence-corrected chi connectivity index (χ3v) is 4.94. The Labute approximate surface area is 122 Å². The van der Waals surface area contributed by atoms with Crippen molar-refractivity contribution in [2.24, 2.45) is 5.73 Å². The minimum Gasteiger partial charge on any atom is -0.493 e. The van der Waals surface area contributed by atoms with Crippen LogP contribution >= 0.6 is 0 Å². The second-order valence-electron chi connectivity index (χ2n) is 6.33. The highest BCUT2D eigenvalue weighted by molar-refractivity contribution is 5.37. The van der Waals surface area contributed by atoms with Crippen LogP contribution in [0.25, 0.3) is 0 Å². The molecular weight excluding hydrogens is 248 g/mol. The lowest BCUT2D eigenvalue weighted by molar-refractivity contribution is 0.148. The smallest absolute Gasteiger partial charge is 0.122 e. The van der Waals surface area contributed by atoms with E-state index in [-0.39, 0.29) is 0 Å². The summed E-state index contributed by atoms with van der Waals surface area (Å²) < 4.78 is 5.76. The molecule has 0 amide bonds. The fraction of sp³-hybridized carbons (Fsp3) is 0.647. The Hall–Kier alpha value is -1.06. The maximum Gasteiger partial charge on any atom is 0.122 e. The highest BCUT2D eigenvalue weighted by Crippen LogP contribution is 2.34. The molecule has 0 radical (unpaired) electrons. The van der Waals surface area contributed by atoms with E-state index in [9.17, 15) is 0 Å². The molecule has 0 bridgehead atoms. The fourth-order valence-electron chi connectivity index (χ4n) is 3.78. The number of likely N-dealkylation sites (N-methyl/N-ethyl adjacent to an activating group) is 1. The van der Waals surface area contributed by atoms with E-state index < -0.39 is 0 Å². The SMILES string of the molecule is CN(CC1CCOc2ccccc21)C1CCCCC1N. The quantitative estimate of drug-likeness (QED) is 0.921. The van der Waals surface area contributed by atoms with Gasteiger partial charge in [0.05, 0.1) is 6.61 Å². The van der Waals surface area contributed by atoms with Crippen molar-refractivity contribution >= 4 is 0 Å². The first-order valence-electron chi connectivity index (χ1n) is 7.93. The molecule has 1 heterocycles. The minimum absolute atomic E-state index is 0.351. The van der Waals surface area contributed by atoms with Gasteiger partial charge in [-0.15, -0.1) is 0 Å². The Morgan fingerprint density at radius 2 is 2.00 bits per heavy atom. The van der Waals surface area contributed by atoms with Gasteiger partial charge in [-0.2, -0.15) is 0 Å². The largest absolute Gasteiger partial charge is 0.493 e. The van der Waals surface area contributed by atoms with Gasteiger partial charge < -0.3 is 15.4 Å². The van der Waals surface area contributed by atoms with Crippen molar-refractivity contribution in [1.29, 1.82) is 0 Å². The Morgan fingerprint density at radius 1 is 1.20 bits per heavy atom. The third kappa shape index (κ3) is 2.84. The molecule has 1 aromatic rings. The average molecular weight is 274 g/mol. The molecule has 3 nitrogen and oxygen atoms in total. The van der Waals surface area contributed by atoms with Crippen molar-refractivity contribution in [3.8, 4) is 5.75 Å². The van der Waals surface area contributed by atoms with E-state index in [4.69, 9.17) is 10.5 Å². The lowest BCUT2D eigenvalue weighted by Crippen LogP contribution is -2.49. The van der Waals surface area contributed by atoms with Gasteiger partial charge in [-0.25, -0.2) is 0 Å². The zero-order valence-corrected chi connectivity index (χ0v) is 12.4. The molecule has 3 rings (SSSR count). The maximum atomic E-state index is 6.31. The molecule has 0 spiro atoms. The molecule has 20 heavy (non-hydrogen) atoms. The van der Waals surface area contributed by atoms with Gasteiger partial charge in [-0.1, -0.05) is 31.0 Å². The summed E-state index contributed by atoms with van der Waals surface area (Å²) in [6.07, 6.45) is 6.17. The van der Waals surface area contributed by atoms with Crippen LogP contribution in [0.15, 0.2) is 24.3 Å². The van der Waals surface area contributed by atoms with E-state index in [1.807, 2.05) is 0 Å². The number of hydrogen-bond donors (Lipinski definition) is 1. The molecule has 1 aromatic carbocycles. The topological polar surface area (TPSA) is 38.5 Å². The van der Waals surface area contributed by atoms with Gasteiger partial charge in [0.15, 0.2) is 0 Å². The van der Waals surface area contributed by atoms with Crippen molar-refractivity contribution in [3.05, 3.63) is 29.8 Å². The van der Waals surface area contributed by atoms with E-state index in [1.165, 1.54) is 31.2 Å². The highest BCUT2D eigenvalue weighted by atomic mass is 16.5. The Bertz CT molecular complexity index is 448. The molecule has 3 unspecified atom stereocenters. The number of ether oxygens (including phenoxy) is 1. The van der Waals surface area contributed by atoms with Crippen molar-refractivity contribution in [2.75, 3.05) is 20.2 Å². The molecule has 0 aromatic heterocycles. The molecule has 1 saturated carbocycles. The fourth-order valence-corrected chi connectivity index (χ4v) is 3.78. The van der Waals surface area contributed by atoms with Crippen LogP contribution < -0.4 is 10.5 Å². The summed E-state index contributed by atoms with van der Waals surface area (Å²) in [4.78, 5) is 2.50. The number of fused-ring (bicyclic) bond motifs is 1. The van der Waals surface area contributed by atoms with E-state index in [0.717, 1.165) is 25.3 Å². The van der Waals surface area contributed by atoms with E-state index in [0.29, 0.717) is 18.0 Å². The predicted octanol–water partition coefficient (Wildman–Crippen LogP) is 2.75. The minimum atomic E-state index is 0.351. The van der Waals surface area contributed by atoms with Crippen LogP contribution in [-0.2, 0) is 0 Å². The van der Waals surface area contributed by atoms with Gasteiger partial charge in [0.1, 0.15) is 5.75 Å². The first-order valence-corrected chi connectivity index (χ1v) is 7.93. The van der Waals surface area contributed by atoms with Gasteiger partial charge in [0.25, 0.3) is 0 Å². The Morgan fingerprint density at radius 3 is 2.85 bits per heavy atom. The highest BCUT2D eigenvalue weighted by Gasteiger charge is 2.29. The standard InChI is InChI=1S/C17H26N2O/c1-19(16-8-4-3-7-15(16)18)12-13-10-11-20-17-9-5-2-6-14(13)17/h2,5-6,9,13,15-16H,3-4,7-8,10-12,18H2,1H3. The summed E-state index contributed by atoms with van der Waals surface area (Å²) >= 11 is 0. The number of hydrogen-bond acceptors (Lipinski definition) is 3. The van der Waals surface area contributed by atoms with Gasteiger partial charge in [-0.3, -0.25) is 0 Å². The van der Waals surface area contributed by atoms with Gasteiger partial charge in [0.2, 0.25) is 0 Å². The average Bonchev–Trinajstić information content (AvgIpc) is 2.48. The molecule has 110 valence electrons. The van der Waals surface area contributed by atoms with Crippen LogP contribution in [0.3, 0.4) is 0 Å². The van der Waals surface area contributed by atoms with Gasteiger partial charge >= 0.3 is 0 Å². The van der Waals surface area contributed by atoms with Crippen LogP contribution in [0.2, 0.25) is 0 Å². The van der Waals surface area contributed by atoms with Crippen LogP contribution in [-0.4, -0.2) is 37.2 Å². The molecule has 2 N–H and O–H groups in total. The second kappa shape index (κ2) is 6.15. The molecular formula is C17H26N2O. The van der Waals surface area contributed by atoms with Gasteiger partial charge in [0, 0.05) is 24.5 Å². The number of para-hydroxylation sites is 1. The van der Waals surface area contributed by atoms with Crippen molar-refractivity contribution in [1.82, 2.24) is 4.90 Å². The van der Waals surface area contributed by atoms with Crippen LogP contribution in [0.4, 0.5) is 0 Å². The van der Waals surface area contributed by atoms with Gasteiger partial charge in [-0.05, 0) is 37.9 Å². The summed E-state index contributed by atoms with van der Waals surface area (Å²) in [6, 6.07) is 9.39. The number of nitrogens with zero attached hydrogens (tertiary/aromatic N) is 1. The summed E-state index contributed by atoms with van der Waals surface area (Å²) in [6.45, 7) is 1.94. The summed E-state index contributed by atoms with van der Waals surface area (Å²) in [5.74, 6) is 1.66. The molecule has 1 aliphatic heterocycles. The van der Waals surface area contributed by atoms with Crippen molar-refractivity contribution in [2.45, 2.75) is 50.1 Å². The first kappa shape index (κ1) is 13.9. The van der Waals surface area contributed by atoms with E-state index >= 15 is 0 Å². The summed E-state index contributed by atoms with van der Waals surface area (Å²) in [5.41, 5.74) is 7.68. The zero-order valence-electron chi connectivity index (χ0n) is 12.4. The Balaban J connectivity index is 1.69. The molecule has 1 fully saturated rings. The summed E-state index contributed by atoms with van der Waals surface area (Å²) in [7, 11) is 2.24. The van der Waals surface area contributed by atoms with Crippen molar-refractivity contribution in [3.63, 3.8) is 0 Å². The van der Waals surface area contributed by atoms with Crippen LogP contribution in [0.1, 0.15) is 43.6 Å². The Kier molecular flexibility index (Phi) is 4.27. The lowest BCUT2D eigenvalue weighted by atomic mass is 9.88. The molecule has 3 heteroatoms.